The fraction of sp³-hybridized carbons (Fsp3) is 0. The molecule has 8 aromatic rings. The number of rotatable bonds is 1. The molecule has 0 aliphatic heterocycles. The highest BCUT2D eigenvalue weighted by atomic mass is 16.3. The maximum absolute atomic E-state index is 6.56. The molecule has 0 fully saturated rings. The van der Waals surface area contributed by atoms with Gasteiger partial charge in [-0.3, -0.25) is 0 Å². The molecule has 2 nitrogen and oxygen atoms in total. The minimum Gasteiger partial charge on any atom is -0.456 e. The molecule has 0 atom stereocenters. The molecule has 0 bridgehead atoms. The van der Waals surface area contributed by atoms with Crippen LogP contribution < -0.4 is 0 Å². The molecular formula is C32H18O2. The quantitative estimate of drug-likeness (QED) is 0.240. The Morgan fingerprint density at radius 1 is 0.412 bits per heavy atom. The molecule has 0 saturated heterocycles. The molecular weight excluding hydrogens is 416 g/mol. The lowest BCUT2D eigenvalue weighted by atomic mass is 9.92. The smallest absolute Gasteiger partial charge is 0.147 e. The summed E-state index contributed by atoms with van der Waals surface area (Å²) in [4.78, 5) is 0. The van der Waals surface area contributed by atoms with Gasteiger partial charge in [0.05, 0.1) is 5.39 Å². The van der Waals surface area contributed by atoms with E-state index in [0.717, 1.165) is 49.4 Å². The molecule has 0 aliphatic rings. The Bertz CT molecular complexity index is 2020. The van der Waals surface area contributed by atoms with E-state index >= 15 is 0 Å². The maximum atomic E-state index is 6.56. The number of hydrogen-bond donors (Lipinski definition) is 0. The molecule has 8 rings (SSSR count). The van der Waals surface area contributed by atoms with E-state index in [4.69, 9.17) is 8.83 Å². The van der Waals surface area contributed by atoms with E-state index in [1.165, 1.54) is 27.1 Å². The molecule has 0 N–H and O–H groups in total. The molecule has 2 heteroatoms. The van der Waals surface area contributed by atoms with E-state index in [1.807, 2.05) is 18.2 Å². The zero-order valence-electron chi connectivity index (χ0n) is 18.2. The summed E-state index contributed by atoms with van der Waals surface area (Å²) in [6.07, 6.45) is 0. The van der Waals surface area contributed by atoms with Gasteiger partial charge in [0.15, 0.2) is 0 Å². The Kier molecular flexibility index (Phi) is 3.42. The molecule has 2 aromatic heterocycles. The monoisotopic (exact) mass is 434 g/mol. The van der Waals surface area contributed by atoms with Crippen molar-refractivity contribution in [3.05, 3.63) is 109 Å². The van der Waals surface area contributed by atoms with Gasteiger partial charge >= 0.3 is 0 Å². The summed E-state index contributed by atoms with van der Waals surface area (Å²) in [6.45, 7) is 0. The van der Waals surface area contributed by atoms with E-state index < -0.39 is 0 Å². The third-order valence-corrected chi connectivity index (χ3v) is 7.04. The van der Waals surface area contributed by atoms with E-state index in [9.17, 15) is 0 Å². The Hall–Kier alpha value is -4.56. The Balaban J connectivity index is 1.48. The molecule has 0 radical (unpaired) electrons. The van der Waals surface area contributed by atoms with Crippen LogP contribution in [0.5, 0.6) is 0 Å². The summed E-state index contributed by atoms with van der Waals surface area (Å²) in [5.74, 6) is 0. The van der Waals surface area contributed by atoms with Crippen molar-refractivity contribution in [1.29, 1.82) is 0 Å². The lowest BCUT2D eigenvalue weighted by Gasteiger charge is -2.12. The van der Waals surface area contributed by atoms with Crippen LogP contribution in [0, 0.1) is 0 Å². The fourth-order valence-corrected chi connectivity index (χ4v) is 5.52. The molecule has 0 spiro atoms. The Morgan fingerprint density at radius 3 is 1.88 bits per heavy atom. The van der Waals surface area contributed by atoms with Gasteiger partial charge in [-0.1, -0.05) is 72.8 Å². The van der Waals surface area contributed by atoms with Crippen LogP contribution in [0.2, 0.25) is 0 Å². The van der Waals surface area contributed by atoms with E-state index in [0.29, 0.717) is 0 Å². The summed E-state index contributed by atoms with van der Waals surface area (Å²) < 4.78 is 12.6. The van der Waals surface area contributed by atoms with Gasteiger partial charge in [0.25, 0.3) is 0 Å². The van der Waals surface area contributed by atoms with Crippen LogP contribution in [0.4, 0.5) is 0 Å². The largest absolute Gasteiger partial charge is 0.456 e. The van der Waals surface area contributed by atoms with E-state index in [1.54, 1.807) is 0 Å². The lowest BCUT2D eigenvalue weighted by Crippen LogP contribution is -1.85. The van der Waals surface area contributed by atoms with Gasteiger partial charge in [0.1, 0.15) is 22.3 Å². The van der Waals surface area contributed by atoms with Crippen molar-refractivity contribution >= 4 is 65.4 Å². The van der Waals surface area contributed by atoms with Crippen molar-refractivity contribution in [2.24, 2.45) is 0 Å². The number of para-hydroxylation sites is 1. The molecule has 0 amide bonds. The lowest BCUT2D eigenvalue weighted by molar-refractivity contribution is 0.663. The van der Waals surface area contributed by atoms with Gasteiger partial charge in [-0.25, -0.2) is 0 Å². The van der Waals surface area contributed by atoms with Crippen LogP contribution in [-0.2, 0) is 0 Å². The minimum atomic E-state index is 0.855. The highest BCUT2D eigenvalue weighted by molar-refractivity contribution is 6.22. The van der Waals surface area contributed by atoms with Crippen molar-refractivity contribution in [1.82, 2.24) is 0 Å². The first-order valence-electron chi connectivity index (χ1n) is 11.5. The second-order valence-electron chi connectivity index (χ2n) is 8.92. The summed E-state index contributed by atoms with van der Waals surface area (Å²) in [7, 11) is 0. The van der Waals surface area contributed by atoms with E-state index in [2.05, 4.69) is 91.0 Å². The van der Waals surface area contributed by atoms with Crippen LogP contribution in [0.3, 0.4) is 0 Å². The van der Waals surface area contributed by atoms with Gasteiger partial charge in [-0.2, -0.15) is 0 Å². The van der Waals surface area contributed by atoms with Crippen molar-refractivity contribution in [3.63, 3.8) is 0 Å². The Labute approximate surface area is 194 Å². The average Bonchev–Trinajstić information content (AvgIpc) is 3.44. The van der Waals surface area contributed by atoms with E-state index in [-0.39, 0.29) is 0 Å². The van der Waals surface area contributed by atoms with Crippen molar-refractivity contribution < 1.29 is 8.83 Å². The predicted molar refractivity (Wildman–Crippen MR) is 141 cm³/mol. The first-order chi connectivity index (χ1) is 16.8. The predicted octanol–water partition coefficient (Wildman–Crippen LogP) is 9.46. The van der Waals surface area contributed by atoms with Crippen LogP contribution in [0.15, 0.2) is 118 Å². The summed E-state index contributed by atoms with van der Waals surface area (Å²) in [5, 5.41) is 9.35. The normalized spacial score (nSPS) is 12.1. The average molecular weight is 434 g/mol. The van der Waals surface area contributed by atoms with Gasteiger partial charge in [-0.05, 0) is 69.1 Å². The number of benzene rings is 6. The van der Waals surface area contributed by atoms with Crippen LogP contribution in [0.1, 0.15) is 0 Å². The standard InChI is InChI=1S/C32H18O2/c1-3-9-22-19(7-1)17-20-8-2-4-10-23(20)30(22)21-13-14-24-25-15-16-28-31(32(25)34-29(24)18-21)26-11-5-6-12-27(26)33-28/h1-18H. The Morgan fingerprint density at radius 2 is 1.09 bits per heavy atom. The SMILES string of the molecule is c1ccc2c(-c3ccc4c(c3)oc3c4ccc4oc5ccccc5c43)c3ccccc3cc2c1. The summed E-state index contributed by atoms with van der Waals surface area (Å²) in [6, 6.07) is 38.4. The van der Waals surface area contributed by atoms with Gasteiger partial charge < -0.3 is 8.83 Å². The van der Waals surface area contributed by atoms with Gasteiger partial charge in [-0.15, -0.1) is 0 Å². The van der Waals surface area contributed by atoms with Gasteiger partial charge in [0.2, 0.25) is 0 Å². The molecule has 6 aromatic carbocycles. The van der Waals surface area contributed by atoms with Crippen LogP contribution >= 0.6 is 0 Å². The number of furan rings is 2. The number of hydrogen-bond acceptors (Lipinski definition) is 2. The molecule has 34 heavy (non-hydrogen) atoms. The zero-order valence-corrected chi connectivity index (χ0v) is 18.2. The molecule has 0 saturated carbocycles. The van der Waals surface area contributed by atoms with Crippen molar-refractivity contribution in [2.45, 2.75) is 0 Å². The second-order valence-corrected chi connectivity index (χ2v) is 8.92. The van der Waals surface area contributed by atoms with Crippen LogP contribution in [0.25, 0.3) is 76.5 Å². The fourth-order valence-electron chi connectivity index (χ4n) is 5.52. The molecule has 0 aliphatic carbocycles. The minimum absolute atomic E-state index is 0.855. The highest BCUT2D eigenvalue weighted by Gasteiger charge is 2.17. The first-order valence-corrected chi connectivity index (χ1v) is 11.5. The van der Waals surface area contributed by atoms with Crippen molar-refractivity contribution in [2.75, 3.05) is 0 Å². The summed E-state index contributed by atoms with van der Waals surface area (Å²) >= 11 is 0. The second kappa shape index (κ2) is 6.49. The summed E-state index contributed by atoms with van der Waals surface area (Å²) in [5.41, 5.74) is 5.92. The zero-order chi connectivity index (χ0) is 22.2. The highest BCUT2D eigenvalue weighted by Crippen LogP contribution is 2.42. The third kappa shape index (κ3) is 2.35. The van der Waals surface area contributed by atoms with Crippen molar-refractivity contribution in [3.8, 4) is 11.1 Å². The molecule has 158 valence electrons. The molecule has 0 unspecified atom stereocenters. The maximum Gasteiger partial charge on any atom is 0.147 e. The third-order valence-electron chi connectivity index (χ3n) is 7.04. The van der Waals surface area contributed by atoms with Gasteiger partial charge in [0, 0.05) is 16.2 Å². The molecule has 2 heterocycles. The number of fused-ring (bicyclic) bond motifs is 9. The van der Waals surface area contributed by atoms with Crippen LogP contribution in [-0.4, -0.2) is 0 Å². The topological polar surface area (TPSA) is 26.3 Å². The first kappa shape index (κ1) is 17.9.